The minimum atomic E-state index is 0.342. The van der Waals surface area contributed by atoms with E-state index in [1.165, 1.54) is 44.4 Å². The standard InChI is InChI=1S/C13H24N2S/c1-10-13(9-14,6-7-16-10)15(12-4-5-12)8-11-2-3-11/h10-12H,2-9,14H2,1H3. The molecule has 2 unspecified atom stereocenters. The Morgan fingerprint density at radius 3 is 2.50 bits per heavy atom. The first-order chi connectivity index (χ1) is 7.76. The van der Waals surface area contributed by atoms with Gasteiger partial charge in [-0.25, -0.2) is 0 Å². The van der Waals surface area contributed by atoms with Crippen molar-refractivity contribution in [2.24, 2.45) is 11.7 Å². The molecule has 2 N–H and O–H groups in total. The summed E-state index contributed by atoms with van der Waals surface area (Å²) in [6, 6.07) is 0.880. The Labute approximate surface area is 103 Å². The second-order valence-electron chi connectivity index (χ2n) is 5.90. The van der Waals surface area contributed by atoms with Gasteiger partial charge in [-0.3, -0.25) is 4.90 Å². The Balaban J connectivity index is 1.78. The molecule has 2 aliphatic carbocycles. The summed E-state index contributed by atoms with van der Waals surface area (Å²) >= 11 is 2.13. The van der Waals surface area contributed by atoms with E-state index in [-0.39, 0.29) is 0 Å². The number of nitrogens with zero attached hydrogens (tertiary/aromatic N) is 1. The van der Waals surface area contributed by atoms with Crippen LogP contribution in [0.2, 0.25) is 0 Å². The first kappa shape index (κ1) is 11.4. The third-order valence-electron chi connectivity index (χ3n) is 4.72. The van der Waals surface area contributed by atoms with Crippen LogP contribution in [0.25, 0.3) is 0 Å². The lowest BCUT2D eigenvalue weighted by Gasteiger charge is -2.44. The SMILES string of the molecule is CC1SCCC1(CN)N(CC1CC1)C1CC1. The van der Waals surface area contributed by atoms with Crippen molar-refractivity contribution >= 4 is 11.8 Å². The van der Waals surface area contributed by atoms with Gasteiger partial charge in [0.05, 0.1) is 0 Å². The molecule has 3 heteroatoms. The predicted molar refractivity (Wildman–Crippen MR) is 70.8 cm³/mol. The summed E-state index contributed by atoms with van der Waals surface area (Å²) in [5, 5.41) is 0.733. The van der Waals surface area contributed by atoms with Crippen LogP contribution in [-0.4, -0.2) is 40.6 Å². The molecule has 0 spiro atoms. The quantitative estimate of drug-likeness (QED) is 0.798. The van der Waals surface area contributed by atoms with Crippen molar-refractivity contribution in [3.63, 3.8) is 0 Å². The monoisotopic (exact) mass is 240 g/mol. The van der Waals surface area contributed by atoms with Gasteiger partial charge in [0.15, 0.2) is 0 Å². The second-order valence-corrected chi connectivity index (χ2v) is 7.35. The summed E-state index contributed by atoms with van der Waals surface area (Å²) < 4.78 is 0. The molecule has 0 amide bonds. The molecule has 2 saturated carbocycles. The van der Waals surface area contributed by atoms with Crippen molar-refractivity contribution in [2.75, 3.05) is 18.8 Å². The van der Waals surface area contributed by atoms with Crippen LogP contribution >= 0.6 is 11.8 Å². The molecule has 0 radical (unpaired) electrons. The summed E-state index contributed by atoms with van der Waals surface area (Å²) in [7, 11) is 0. The lowest BCUT2D eigenvalue weighted by atomic mass is 9.89. The zero-order valence-electron chi connectivity index (χ0n) is 10.3. The molecular formula is C13H24N2S. The number of thioether (sulfide) groups is 1. The van der Waals surface area contributed by atoms with E-state index < -0.39 is 0 Å². The van der Waals surface area contributed by atoms with Crippen LogP contribution in [0.15, 0.2) is 0 Å². The van der Waals surface area contributed by atoms with Crippen molar-refractivity contribution < 1.29 is 0 Å². The fourth-order valence-electron chi connectivity index (χ4n) is 3.19. The smallest absolute Gasteiger partial charge is 0.0458 e. The van der Waals surface area contributed by atoms with Crippen molar-refractivity contribution in [1.29, 1.82) is 0 Å². The highest BCUT2D eigenvalue weighted by Crippen LogP contribution is 2.46. The predicted octanol–water partition coefficient (Wildman–Crippen LogP) is 2.08. The van der Waals surface area contributed by atoms with Crippen molar-refractivity contribution in [2.45, 2.75) is 55.9 Å². The minimum Gasteiger partial charge on any atom is -0.329 e. The van der Waals surface area contributed by atoms with E-state index >= 15 is 0 Å². The van der Waals surface area contributed by atoms with Gasteiger partial charge in [-0.1, -0.05) is 6.92 Å². The zero-order chi connectivity index (χ0) is 11.2. The van der Waals surface area contributed by atoms with E-state index in [1.54, 1.807) is 0 Å². The number of hydrogen-bond donors (Lipinski definition) is 1. The van der Waals surface area contributed by atoms with E-state index in [1.807, 2.05) is 0 Å². The van der Waals surface area contributed by atoms with Crippen LogP contribution < -0.4 is 5.73 Å². The Bertz CT molecular complexity index is 263. The van der Waals surface area contributed by atoms with Crippen LogP contribution in [0.4, 0.5) is 0 Å². The summed E-state index contributed by atoms with van der Waals surface area (Å²) in [5.41, 5.74) is 6.51. The average molecular weight is 240 g/mol. The maximum absolute atomic E-state index is 6.17. The topological polar surface area (TPSA) is 29.3 Å². The molecule has 3 rings (SSSR count). The van der Waals surface area contributed by atoms with Gasteiger partial charge >= 0.3 is 0 Å². The van der Waals surface area contributed by atoms with Gasteiger partial charge in [-0.15, -0.1) is 0 Å². The maximum atomic E-state index is 6.17. The summed E-state index contributed by atoms with van der Waals surface area (Å²) in [4.78, 5) is 2.83. The molecule has 92 valence electrons. The van der Waals surface area contributed by atoms with Crippen LogP contribution in [0.5, 0.6) is 0 Å². The molecule has 1 saturated heterocycles. The highest BCUT2D eigenvalue weighted by atomic mass is 32.2. The molecule has 2 atom stereocenters. The molecule has 0 aromatic rings. The molecule has 0 aromatic carbocycles. The minimum absolute atomic E-state index is 0.342. The fourth-order valence-corrected chi connectivity index (χ4v) is 4.68. The Hall–Kier alpha value is 0.270. The van der Waals surface area contributed by atoms with E-state index in [0.717, 1.165) is 23.8 Å². The molecule has 16 heavy (non-hydrogen) atoms. The molecule has 3 fully saturated rings. The van der Waals surface area contributed by atoms with Gasteiger partial charge in [0.1, 0.15) is 0 Å². The second kappa shape index (κ2) is 4.18. The molecular weight excluding hydrogens is 216 g/mol. The lowest BCUT2D eigenvalue weighted by Crippen LogP contribution is -2.58. The van der Waals surface area contributed by atoms with Gasteiger partial charge in [-0.05, 0) is 43.8 Å². The lowest BCUT2D eigenvalue weighted by molar-refractivity contribution is 0.0825. The molecule has 0 aromatic heterocycles. The first-order valence-electron chi connectivity index (χ1n) is 6.85. The molecule has 1 heterocycles. The van der Waals surface area contributed by atoms with E-state index in [2.05, 4.69) is 23.6 Å². The summed E-state index contributed by atoms with van der Waals surface area (Å²) in [6.45, 7) is 4.60. The molecule has 0 bridgehead atoms. The fraction of sp³-hybridized carbons (Fsp3) is 1.00. The van der Waals surface area contributed by atoms with Crippen molar-refractivity contribution in [3.05, 3.63) is 0 Å². The Morgan fingerprint density at radius 1 is 1.31 bits per heavy atom. The van der Waals surface area contributed by atoms with E-state index in [0.29, 0.717) is 5.54 Å². The van der Waals surface area contributed by atoms with Crippen LogP contribution in [-0.2, 0) is 0 Å². The van der Waals surface area contributed by atoms with Gasteiger partial charge in [0.2, 0.25) is 0 Å². The summed E-state index contributed by atoms with van der Waals surface area (Å²) in [5.74, 6) is 2.31. The Kier molecular flexibility index (Phi) is 2.97. The zero-order valence-corrected chi connectivity index (χ0v) is 11.1. The van der Waals surface area contributed by atoms with Gasteiger partial charge in [0.25, 0.3) is 0 Å². The van der Waals surface area contributed by atoms with E-state index in [9.17, 15) is 0 Å². The highest BCUT2D eigenvalue weighted by molar-refractivity contribution is 8.00. The third kappa shape index (κ3) is 1.91. The van der Waals surface area contributed by atoms with Crippen LogP contribution in [0, 0.1) is 5.92 Å². The Morgan fingerprint density at radius 2 is 2.06 bits per heavy atom. The molecule has 3 aliphatic rings. The largest absolute Gasteiger partial charge is 0.329 e. The number of nitrogens with two attached hydrogens (primary N) is 1. The number of hydrogen-bond acceptors (Lipinski definition) is 3. The van der Waals surface area contributed by atoms with Crippen LogP contribution in [0.3, 0.4) is 0 Å². The van der Waals surface area contributed by atoms with E-state index in [4.69, 9.17) is 5.73 Å². The summed E-state index contributed by atoms with van der Waals surface area (Å²) in [6.07, 6.45) is 7.09. The highest BCUT2D eigenvalue weighted by Gasteiger charge is 2.50. The first-order valence-corrected chi connectivity index (χ1v) is 7.89. The third-order valence-corrected chi connectivity index (χ3v) is 6.10. The maximum Gasteiger partial charge on any atom is 0.0458 e. The van der Waals surface area contributed by atoms with Gasteiger partial charge < -0.3 is 5.73 Å². The normalized spacial score (nSPS) is 39.6. The molecule has 1 aliphatic heterocycles. The van der Waals surface area contributed by atoms with Crippen molar-refractivity contribution in [1.82, 2.24) is 4.90 Å². The van der Waals surface area contributed by atoms with Crippen LogP contribution in [0.1, 0.15) is 39.0 Å². The van der Waals surface area contributed by atoms with Gasteiger partial charge in [0, 0.05) is 29.9 Å². The van der Waals surface area contributed by atoms with Gasteiger partial charge in [-0.2, -0.15) is 11.8 Å². The average Bonchev–Trinajstić information content (AvgIpc) is 3.15. The van der Waals surface area contributed by atoms with Crippen molar-refractivity contribution in [3.8, 4) is 0 Å². The molecule has 2 nitrogen and oxygen atoms in total. The number of rotatable bonds is 5.